The molecular weight excluding hydrogens is 272 g/mol. The van der Waals surface area contributed by atoms with Gasteiger partial charge in [-0.15, -0.1) is 0 Å². The van der Waals surface area contributed by atoms with E-state index in [0.29, 0.717) is 19.5 Å². The number of carbonyl (C=O) groups is 1. The zero-order chi connectivity index (χ0) is 16.0. The van der Waals surface area contributed by atoms with Gasteiger partial charge in [-0.3, -0.25) is 4.79 Å². The Morgan fingerprint density at radius 1 is 1.05 bits per heavy atom. The van der Waals surface area contributed by atoms with Crippen LogP contribution in [0.25, 0.3) is 0 Å². The average Bonchev–Trinajstić information content (AvgIpc) is 2.57. The van der Waals surface area contributed by atoms with E-state index in [0.717, 1.165) is 11.3 Å². The van der Waals surface area contributed by atoms with Crippen LogP contribution in [0.1, 0.15) is 25.8 Å². The maximum Gasteiger partial charge on any atom is 0.227 e. The van der Waals surface area contributed by atoms with Crippen LogP contribution in [0.2, 0.25) is 0 Å². The molecule has 0 saturated carbocycles. The van der Waals surface area contributed by atoms with Crippen LogP contribution in [0.3, 0.4) is 0 Å². The highest BCUT2D eigenvalue weighted by Gasteiger charge is 2.30. The third-order valence-electron chi connectivity index (χ3n) is 4.15. The molecule has 0 heterocycles. The van der Waals surface area contributed by atoms with Crippen LogP contribution in [0.5, 0.6) is 0 Å². The second kappa shape index (κ2) is 7.23. The van der Waals surface area contributed by atoms with E-state index in [-0.39, 0.29) is 11.3 Å². The molecule has 0 bridgehead atoms. The molecule has 22 heavy (non-hydrogen) atoms. The van der Waals surface area contributed by atoms with Gasteiger partial charge in [-0.1, -0.05) is 55.5 Å². The maximum atomic E-state index is 12.8. The molecule has 0 saturated heterocycles. The van der Waals surface area contributed by atoms with E-state index in [1.165, 1.54) is 0 Å². The number of anilines is 1. The summed E-state index contributed by atoms with van der Waals surface area (Å²) in [4.78, 5) is 14.6. The smallest absolute Gasteiger partial charge is 0.227 e. The molecule has 1 atom stereocenters. The van der Waals surface area contributed by atoms with Crippen LogP contribution in [0.15, 0.2) is 60.7 Å². The van der Waals surface area contributed by atoms with Gasteiger partial charge in [0.05, 0.1) is 0 Å². The van der Waals surface area contributed by atoms with Gasteiger partial charge in [0.1, 0.15) is 0 Å². The Hall–Kier alpha value is -2.13. The number of para-hydroxylation sites is 1. The number of hydrogen-bond donors (Lipinski definition) is 1. The topological polar surface area (TPSA) is 46.3 Å². The Morgan fingerprint density at radius 2 is 1.59 bits per heavy atom. The summed E-state index contributed by atoms with van der Waals surface area (Å²) in [6.07, 6.45) is 0.399. The monoisotopic (exact) mass is 296 g/mol. The molecule has 2 aromatic rings. The number of nitrogens with zero attached hydrogens (tertiary/aromatic N) is 1. The molecule has 1 unspecified atom stereocenters. The standard InChI is InChI=1S/C19H24N2O/c1-3-21(17-12-8-5-9-13-17)18(22)14-19(2,15-20)16-10-6-4-7-11-16/h4-13H,3,14-15,20H2,1-2H3. The summed E-state index contributed by atoms with van der Waals surface area (Å²) in [6, 6.07) is 19.8. The highest BCUT2D eigenvalue weighted by Crippen LogP contribution is 2.28. The summed E-state index contributed by atoms with van der Waals surface area (Å²) in [5, 5.41) is 0. The minimum atomic E-state index is -0.347. The van der Waals surface area contributed by atoms with E-state index in [4.69, 9.17) is 5.73 Å². The van der Waals surface area contributed by atoms with Crippen molar-refractivity contribution in [3.8, 4) is 0 Å². The number of hydrogen-bond acceptors (Lipinski definition) is 2. The van der Waals surface area contributed by atoms with Crippen molar-refractivity contribution >= 4 is 11.6 Å². The molecule has 0 aromatic heterocycles. The lowest BCUT2D eigenvalue weighted by molar-refractivity contribution is -0.119. The Bertz CT molecular complexity index is 597. The number of amides is 1. The summed E-state index contributed by atoms with van der Waals surface area (Å²) in [5.74, 6) is 0.102. The van der Waals surface area contributed by atoms with Gasteiger partial charge in [0.25, 0.3) is 0 Å². The van der Waals surface area contributed by atoms with Crippen molar-refractivity contribution in [2.75, 3.05) is 18.0 Å². The summed E-state index contributed by atoms with van der Waals surface area (Å²) < 4.78 is 0. The molecular formula is C19H24N2O. The molecule has 0 aliphatic heterocycles. The Balaban J connectivity index is 2.22. The fourth-order valence-electron chi connectivity index (χ4n) is 2.67. The van der Waals surface area contributed by atoms with Crippen molar-refractivity contribution in [3.63, 3.8) is 0 Å². The van der Waals surface area contributed by atoms with E-state index in [9.17, 15) is 4.79 Å². The van der Waals surface area contributed by atoms with Crippen molar-refractivity contribution in [3.05, 3.63) is 66.2 Å². The van der Waals surface area contributed by atoms with Crippen LogP contribution in [-0.2, 0) is 10.2 Å². The van der Waals surface area contributed by atoms with E-state index < -0.39 is 0 Å². The molecule has 0 aliphatic rings. The van der Waals surface area contributed by atoms with Crippen molar-refractivity contribution in [2.45, 2.75) is 25.7 Å². The first-order valence-corrected chi connectivity index (χ1v) is 7.71. The number of rotatable bonds is 6. The number of nitrogens with two attached hydrogens (primary N) is 1. The van der Waals surface area contributed by atoms with Gasteiger partial charge in [0.2, 0.25) is 5.91 Å². The number of benzene rings is 2. The molecule has 2 N–H and O–H groups in total. The van der Waals surface area contributed by atoms with Gasteiger partial charge >= 0.3 is 0 Å². The molecule has 2 rings (SSSR count). The van der Waals surface area contributed by atoms with Crippen LogP contribution in [-0.4, -0.2) is 19.0 Å². The predicted octanol–water partition coefficient (Wildman–Crippen LogP) is 3.35. The van der Waals surface area contributed by atoms with Gasteiger partial charge in [-0.2, -0.15) is 0 Å². The molecule has 3 heteroatoms. The van der Waals surface area contributed by atoms with Crippen molar-refractivity contribution in [1.29, 1.82) is 0 Å². The van der Waals surface area contributed by atoms with Crippen molar-refractivity contribution in [1.82, 2.24) is 0 Å². The molecule has 3 nitrogen and oxygen atoms in total. The molecule has 0 spiro atoms. The maximum absolute atomic E-state index is 12.8. The Labute approximate surface area is 132 Å². The zero-order valence-electron chi connectivity index (χ0n) is 13.3. The van der Waals surface area contributed by atoms with Crippen molar-refractivity contribution in [2.24, 2.45) is 5.73 Å². The number of carbonyl (C=O) groups excluding carboxylic acids is 1. The Kier molecular flexibility index (Phi) is 5.34. The van der Waals surface area contributed by atoms with Crippen LogP contribution in [0.4, 0.5) is 5.69 Å². The van der Waals surface area contributed by atoms with Crippen LogP contribution in [0, 0.1) is 0 Å². The van der Waals surface area contributed by atoms with Crippen molar-refractivity contribution < 1.29 is 4.79 Å². The molecule has 1 amide bonds. The van der Waals surface area contributed by atoms with Gasteiger partial charge in [-0.05, 0) is 24.6 Å². The normalized spacial score (nSPS) is 13.4. The van der Waals surface area contributed by atoms with E-state index >= 15 is 0 Å². The first-order chi connectivity index (χ1) is 10.6. The van der Waals surface area contributed by atoms with E-state index in [2.05, 4.69) is 6.92 Å². The van der Waals surface area contributed by atoms with Crippen LogP contribution >= 0.6 is 0 Å². The Morgan fingerprint density at radius 3 is 2.09 bits per heavy atom. The minimum Gasteiger partial charge on any atom is -0.330 e. The fraction of sp³-hybridized carbons (Fsp3) is 0.316. The molecule has 2 aromatic carbocycles. The minimum absolute atomic E-state index is 0.102. The summed E-state index contributed by atoms with van der Waals surface area (Å²) in [7, 11) is 0. The first kappa shape index (κ1) is 16.2. The van der Waals surface area contributed by atoms with E-state index in [1.54, 1.807) is 0 Å². The summed E-state index contributed by atoms with van der Waals surface area (Å²) in [6.45, 7) is 5.14. The lowest BCUT2D eigenvalue weighted by atomic mass is 9.79. The summed E-state index contributed by atoms with van der Waals surface area (Å²) in [5.41, 5.74) is 7.69. The van der Waals surface area contributed by atoms with E-state index in [1.807, 2.05) is 72.5 Å². The van der Waals surface area contributed by atoms with Gasteiger partial charge in [-0.25, -0.2) is 0 Å². The zero-order valence-corrected chi connectivity index (χ0v) is 13.3. The molecule has 116 valence electrons. The third-order valence-corrected chi connectivity index (χ3v) is 4.15. The lowest BCUT2D eigenvalue weighted by Crippen LogP contribution is -2.40. The quantitative estimate of drug-likeness (QED) is 0.888. The van der Waals surface area contributed by atoms with Gasteiger partial charge in [0.15, 0.2) is 0 Å². The lowest BCUT2D eigenvalue weighted by Gasteiger charge is -2.31. The highest BCUT2D eigenvalue weighted by molar-refractivity contribution is 5.94. The fourth-order valence-corrected chi connectivity index (χ4v) is 2.67. The summed E-state index contributed by atoms with van der Waals surface area (Å²) >= 11 is 0. The van der Waals surface area contributed by atoms with Crippen LogP contribution < -0.4 is 10.6 Å². The molecule has 0 fully saturated rings. The SMILES string of the molecule is CCN(C(=O)CC(C)(CN)c1ccccc1)c1ccccc1. The highest BCUT2D eigenvalue weighted by atomic mass is 16.2. The predicted molar refractivity (Wildman–Crippen MR) is 91.9 cm³/mol. The third kappa shape index (κ3) is 3.55. The largest absolute Gasteiger partial charge is 0.330 e. The van der Waals surface area contributed by atoms with Gasteiger partial charge < -0.3 is 10.6 Å². The average molecular weight is 296 g/mol. The second-order valence-electron chi connectivity index (χ2n) is 5.78. The first-order valence-electron chi connectivity index (χ1n) is 7.71. The van der Waals surface area contributed by atoms with Gasteiger partial charge in [0, 0.05) is 30.6 Å². The molecule has 0 radical (unpaired) electrons. The second-order valence-corrected chi connectivity index (χ2v) is 5.78. The molecule has 0 aliphatic carbocycles.